The summed E-state index contributed by atoms with van der Waals surface area (Å²) >= 11 is 1.77. The number of thioether (sulfide) groups is 1. The van der Waals surface area contributed by atoms with Gasteiger partial charge in [0.25, 0.3) is 0 Å². The average Bonchev–Trinajstić information content (AvgIpc) is 3.09. The first-order chi connectivity index (χ1) is 15.5. The highest BCUT2D eigenvalue weighted by Gasteiger charge is 2.30. The molecule has 2 aromatic carbocycles. The lowest BCUT2D eigenvalue weighted by Crippen LogP contribution is -2.38. The minimum atomic E-state index is -1.34. The quantitative estimate of drug-likeness (QED) is 0.208. The van der Waals surface area contributed by atoms with E-state index in [9.17, 15) is 14.7 Å². The molecule has 0 saturated heterocycles. The molecule has 0 aliphatic heterocycles. The normalized spacial score (nSPS) is 11.9. The van der Waals surface area contributed by atoms with Crippen LogP contribution in [0.25, 0.3) is 17.0 Å². The fraction of sp³-hybridized carbons (Fsp3) is 0.333. The maximum absolute atomic E-state index is 12.9. The number of hydrogen-bond acceptors (Lipinski definition) is 5. The van der Waals surface area contributed by atoms with Gasteiger partial charge in [-0.1, -0.05) is 13.0 Å². The molecule has 1 N–H and O–H groups in total. The summed E-state index contributed by atoms with van der Waals surface area (Å²) in [6, 6.07) is 9.81. The molecule has 3 aromatic rings. The second-order valence-electron chi connectivity index (χ2n) is 8.66. The van der Waals surface area contributed by atoms with Gasteiger partial charge in [0.1, 0.15) is 11.3 Å². The molecule has 1 heterocycles. The molecule has 0 spiro atoms. The highest BCUT2D eigenvalue weighted by atomic mass is 32.2. The van der Waals surface area contributed by atoms with Crippen LogP contribution in [-0.2, 0) is 4.79 Å². The van der Waals surface area contributed by atoms with Crippen LogP contribution >= 0.6 is 11.8 Å². The molecule has 0 amide bonds. The maximum atomic E-state index is 12.9. The van der Waals surface area contributed by atoms with Crippen molar-refractivity contribution < 1.29 is 23.8 Å². The van der Waals surface area contributed by atoms with E-state index >= 15 is 0 Å². The number of ketones is 1. The first-order valence-electron chi connectivity index (χ1n) is 11.0. The molecule has 0 atom stereocenters. The van der Waals surface area contributed by atoms with Crippen LogP contribution < -0.4 is 4.74 Å². The number of ether oxygens (including phenoxy) is 1. The Morgan fingerprint density at radius 2 is 1.79 bits per heavy atom. The predicted octanol–water partition coefficient (Wildman–Crippen LogP) is 7.00. The van der Waals surface area contributed by atoms with Crippen molar-refractivity contribution in [1.82, 2.24) is 0 Å². The van der Waals surface area contributed by atoms with Gasteiger partial charge in [0.15, 0.2) is 11.4 Å². The molecule has 0 fully saturated rings. The standard InChI is InChI=1S/C27H30O5S/c1-7-12-33-20-9-10-21-18(4)25(31-23(21)15-20)22(28)11-8-19-13-16(2)24(17(3)14-19)32-27(5,6)26(29)30/h8-11,13-15H,7,12H2,1-6H3,(H,29,30). The number of fused-ring (bicyclic) bond motifs is 1. The number of rotatable bonds is 9. The van der Waals surface area contributed by atoms with Crippen molar-refractivity contribution in [3.05, 3.63) is 64.4 Å². The Bertz CT molecular complexity index is 1210. The number of aryl methyl sites for hydroxylation is 3. The fourth-order valence-corrected chi connectivity index (χ4v) is 4.33. The van der Waals surface area contributed by atoms with Crippen LogP contribution in [0.2, 0.25) is 0 Å². The Morgan fingerprint density at radius 1 is 1.12 bits per heavy atom. The van der Waals surface area contributed by atoms with Crippen LogP contribution in [0.1, 0.15) is 60.0 Å². The maximum Gasteiger partial charge on any atom is 0.347 e. The molecule has 0 aliphatic rings. The summed E-state index contributed by atoms with van der Waals surface area (Å²) in [5.41, 5.74) is 2.64. The van der Waals surface area contributed by atoms with Gasteiger partial charge < -0.3 is 14.3 Å². The zero-order chi connectivity index (χ0) is 24.3. The van der Waals surface area contributed by atoms with Crippen LogP contribution in [0.3, 0.4) is 0 Å². The van der Waals surface area contributed by atoms with E-state index < -0.39 is 11.6 Å². The molecule has 3 rings (SSSR count). The minimum Gasteiger partial charge on any atom is -0.478 e. The lowest BCUT2D eigenvalue weighted by atomic mass is 10.0. The average molecular weight is 467 g/mol. The second kappa shape index (κ2) is 9.87. The molecule has 6 heteroatoms. The zero-order valence-corrected chi connectivity index (χ0v) is 20.8. The lowest BCUT2D eigenvalue weighted by molar-refractivity contribution is -0.152. The van der Waals surface area contributed by atoms with Gasteiger partial charge in [0.2, 0.25) is 5.78 Å². The molecule has 0 aliphatic carbocycles. The van der Waals surface area contributed by atoms with Crippen molar-refractivity contribution in [2.75, 3.05) is 5.75 Å². The topological polar surface area (TPSA) is 76.7 Å². The van der Waals surface area contributed by atoms with E-state index in [0.29, 0.717) is 11.5 Å². The van der Waals surface area contributed by atoms with Gasteiger partial charge in [-0.25, -0.2) is 4.79 Å². The molecule has 33 heavy (non-hydrogen) atoms. The zero-order valence-electron chi connectivity index (χ0n) is 19.9. The summed E-state index contributed by atoms with van der Waals surface area (Å²) in [5, 5.41) is 10.3. The summed E-state index contributed by atoms with van der Waals surface area (Å²) in [4.78, 5) is 25.4. The molecule has 0 unspecified atom stereocenters. The molecule has 5 nitrogen and oxygen atoms in total. The Kier molecular flexibility index (Phi) is 7.38. The minimum absolute atomic E-state index is 0.200. The third-order valence-corrected chi connectivity index (χ3v) is 6.59. The Labute approximate surface area is 198 Å². The molecule has 174 valence electrons. The van der Waals surface area contributed by atoms with E-state index in [-0.39, 0.29) is 5.78 Å². The van der Waals surface area contributed by atoms with E-state index in [4.69, 9.17) is 9.15 Å². The Morgan fingerprint density at radius 3 is 2.39 bits per heavy atom. The van der Waals surface area contributed by atoms with E-state index in [0.717, 1.165) is 50.3 Å². The first kappa shape index (κ1) is 24.6. The highest BCUT2D eigenvalue weighted by molar-refractivity contribution is 7.99. The summed E-state index contributed by atoms with van der Waals surface area (Å²) in [5.74, 6) is 0.685. The van der Waals surface area contributed by atoms with Crippen molar-refractivity contribution in [2.45, 2.75) is 58.5 Å². The van der Waals surface area contributed by atoms with Gasteiger partial charge in [-0.3, -0.25) is 4.79 Å². The van der Waals surface area contributed by atoms with Gasteiger partial charge in [0.05, 0.1) is 0 Å². The number of furan rings is 1. The van der Waals surface area contributed by atoms with Crippen LogP contribution in [0.15, 0.2) is 45.7 Å². The van der Waals surface area contributed by atoms with E-state index in [1.807, 2.05) is 45.0 Å². The number of hydrogen-bond donors (Lipinski definition) is 1. The largest absolute Gasteiger partial charge is 0.478 e. The number of carbonyl (C=O) groups is 2. The SMILES string of the molecule is CCCSc1ccc2c(C)c(C(=O)C=Cc3cc(C)c(OC(C)(C)C(=O)O)c(C)c3)oc2c1. The van der Waals surface area contributed by atoms with E-state index in [1.54, 1.807) is 17.8 Å². The second-order valence-corrected chi connectivity index (χ2v) is 9.83. The fourth-order valence-electron chi connectivity index (χ4n) is 3.54. The molecule has 0 saturated carbocycles. The Hall–Kier alpha value is -2.99. The third-order valence-electron chi connectivity index (χ3n) is 5.39. The molecule has 1 aromatic heterocycles. The van der Waals surface area contributed by atoms with Crippen LogP contribution in [0.5, 0.6) is 5.75 Å². The van der Waals surface area contributed by atoms with Gasteiger partial charge >= 0.3 is 5.97 Å². The van der Waals surface area contributed by atoms with Crippen molar-refractivity contribution in [1.29, 1.82) is 0 Å². The highest BCUT2D eigenvalue weighted by Crippen LogP contribution is 2.31. The first-order valence-corrected chi connectivity index (χ1v) is 11.9. The van der Waals surface area contributed by atoms with Crippen LogP contribution in [-0.4, -0.2) is 28.2 Å². The third kappa shape index (κ3) is 5.50. The smallest absolute Gasteiger partial charge is 0.347 e. The molecule has 0 radical (unpaired) electrons. The summed E-state index contributed by atoms with van der Waals surface area (Å²) in [6.45, 7) is 10.8. The summed E-state index contributed by atoms with van der Waals surface area (Å²) in [6.07, 6.45) is 4.34. The van der Waals surface area contributed by atoms with Crippen molar-refractivity contribution in [3.8, 4) is 5.75 Å². The van der Waals surface area contributed by atoms with Crippen molar-refractivity contribution in [3.63, 3.8) is 0 Å². The molecular formula is C27H30O5S. The van der Waals surface area contributed by atoms with Gasteiger partial charge in [0, 0.05) is 15.8 Å². The van der Waals surface area contributed by atoms with Gasteiger partial charge in [-0.05, 0) is 99.9 Å². The van der Waals surface area contributed by atoms with Crippen LogP contribution in [0.4, 0.5) is 0 Å². The number of allylic oxidation sites excluding steroid dienone is 1. The van der Waals surface area contributed by atoms with Gasteiger partial charge in [-0.2, -0.15) is 0 Å². The number of aliphatic carboxylic acids is 1. The van der Waals surface area contributed by atoms with Gasteiger partial charge in [-0.15, -0.1) is 11.8 Å². The molecule has 0 bridgehead atoms. The predicted molar refractivity (Wildman–Crippen MR) is 134 cm³/mol. The van der Waals surface area contributed by atoms with Crippen molar-refractivity contribution >= 4 is 40.6 Å². The number of carboxylic acid groups (broad SMARTS) is 1. The van der Waals surface area contributed by atoms with E-state index in [2.05, 4.69) is 13.0 Å². The van der Waals surface area contributed by atoms with Crippen molar-refractivity contribution in [2.24, 2.45) is 0 Å². The monoisotopic (exact) mass is 466 g/mol. The van der Waals surface area contributed by atoms with E-state index in [1.165, 1.54) is 19.9 Å². The lowest BCUT2D eigenvalue weighted by Gasteiger charge is -2.24. The summed E-state index contributed by atoms with van der Waals surface area (Å²) in [7, 11) is 0. The Balaban J connectivity index is 1.83. The number of carboxylic acids is 1. The van der Waals surface area contributed by atoms with Crippen LogP contribution in [0, 0.1) is 20.8 Å². The number of carbonyl (C=O) groups excluding carboxylic acids is 1. The number of benzene rings is 2. The summed E-state index contributed by atoms with van der Waals surface area (Å²) < 4.78 is 11.7. The molecular weight excluding hydrogens is 436 g/mol.